The van der Waals surface area contributed by atoms with Crippen LogP contribution in [-0.2, 0) is 12.1 Å². The number of rotatable bonds is 5. The molecule has 5 nitrogen and oxygen atoms in total. The van der Waals surface area contributed by atoms with Crippen LogP contribution in [0.2, 0.25) is 0 Å². The van der Waals surface area contributed by atoms with Gasteiger partial charge < -0.3 is 15.0 Å². The number of nitrogens with two attached hydrogens (primary N) is 1. The third-order valence-corrected chi connectivity index (χ3v) is 2.82. The van der Waals surface area contributed by atoms with Crippen molar-refractivity contribution >= 4 is 0 Å². The SMILES string of the molecule is CCC(C)(N)c1noc(COc2ccccc2)n1. The summed E-state index contributed by atoms with van der Waals surface area (Å²) in [5, 5.41) is 3.88. The topological polar surface area (TPSA) is 74.2 Å². The zero-order chi connectivity index (χ0) is 13.0. The predicted octanol–water partition coefficient (Wildman–Crippen LogP) is 2.23. The molecular weight excluding hydrogens is 230 g/mol. The minimum absolute atomic E-state index is 0.247. The summed E-state index contributed by atoms with van der Waals surface area (Å²) < 4.78 is 10.6. The first kappa shape index (κ1) is 12.6. The van der Waals surface area contributed by atoms with E-state index in [-0.39, 0.29) is 6.61 Å². The maximum absolute atomic E-state index is 6.03. The fourth-order valence-electron chi connectivity index (χ4n) is 1.37. The smallest absolute Gasteiger partial charge is 0.264 e. The quantitative estimate of drug-likeness (QED) is 0.877. The third kappa shape index (κ3) is 2.87. The summed E-state index contributed by atoms with van der Waals surface area (Å²) in [7, 11) is 0. The lowest BCUT2D eigenvalue weighted by Gasteiger charge is -2.16. The number of ether oxygens (including phenoxy) is 1. The van der Waals surface area contributed by atoms with Crippen LogP contribution in [0, 0.1) is 0 Å². The highest BCUT2D eigenvalue weighted by molar-refractivity contribution is 5.20. The standard InChI is InChI=1S/C13H17N3O2/c1-3-13(2,14)12-15-11(18-16-12)9-17-10-7-5-4-6-8-10/h4-8H,3,9,14H2,1-2H3. The Morgan fingerprint density at radius 1 is 1.33 bits per heavy atom. The lowest BCUT2D eigenvalue weighted by molar-refractivity contribution is 0.241. The van der Waals surface area contributed by atoms with Gasteiger partial charge in [-0.2, -0.15) is 4.98 Å². The molecule has 1 unspecified atom stereocenters. The Kier molecular flexibility index (Phi) is 3.62. The normalized spacial score (nSPS) is 14.2. The molecule has 0 saturated carbocycles. The molecule has 2 rings (SSSR count). The van der Waals surface area contributed by atoms with Crippen LogP contribution in [0.1, 0.15) is 32.0 Å². The summed E-state index contributed by atoms with van der Waals surface area (Å²) in [4.78, 5) is 4.24. The number of hydrogen-bond donors (Lipinski definition) is 1. The maximum atomic E-state index is 6.03. The molecule has 0 spiro atoms. The monoisotopic (exact) mass is 247 g/mol. The fourth-order valence-corrected chi connectivity index (χ4v) is 1.37. The summed E-state index contributed by atoms with van der Waals surface area (Å²) in [5.74, 6) is 1.71. The van der Waals surface area contributed by atoms with E-state index < -0.39 is 5.54 Å². The van der Waals surface area contributed by atoms with E-state index in [4.69, 9.17) is 15.0 Å². The van der Waals surface area contributed by atoms with Gasteiger partial charge in [0, 0.05) is 0 Å². The fraction of sp³-hybridized carbons (Fsp3) is 0.385. The molecule has 2 N–H and O–H groups in total. The van der Waals surface area contributed by atoms with Gasteiger partial charge in [0.05, 0.1) is 5.54 Å². The molecule has 0 radical (unpaired) electrons. The van der Waals surface area contributed by atoms with Gasteiger partial charge in [0.15, 0.2) is 12.4 Å². The molecule has 2 aromatic rings. The lowest BCUT2D eigenvalue weighted by atomic mass is 10.0. The maximum Gasteiger partial charge on any atom is 0.264 e. The Hall–Kier alpha value is -1.88. The van der Waals surface area contributed by atoms with Gasteiger partial charge in [-0.15, -0.1) is 0 Å². The second-order valence-corrected chi connectivity index (χ2v) is 4.38. The van der Waals surface area contributed by atoms with E-state index in [1.807, 2.05) is 44.2 Å². The first-order valence-corrected chi connectivity index (χ1v) is 5.91. The van der Waals surface area contributed by atoms with Crippen LogP contribution >= 0.6 is 0 Å². The molecule has 0 fully saturated rings. The van der Waals surface area contributed by atoms with E-state index in [0.29, 0.717) is 11.7 Å². The van der Waals surface area contributed by atoms with Crippen molar-refractivity contribution < 1.29 is 9.26 Å². The molecule has 0 bridgehead atoms. The van der Waals surface area contributed by atoms with Crippen molar-refractivity contribution in [3.8, 4) is 5.75 Å². The Morgan fingerprint density at radius 2 is 2.06 bits per heavy atom. The number of benzene rings is 1. The van der Waals surface area contributed by atoms with Crippen molar-refractivity contribution in [3.05, 3.63) is 42.0 Å². The van der Waals surface area contributed by atoms with Gasteiger partial charge in [-0.3, -0.25) is 0 Å². The van der Waals surface area contributed by atoms with Gasteiger partial charge in [0.1, 0.15) is 5.75 Å². The summed E-state index contributed by atoms with van der Waals surface area (Å²) in [5.41, 5.74) is 5.47. The zero-order valence-electron chi connectivity index (χ0n) is 10.6. The highest BCUT2D eigenvalue weighted by Crippen LogP contribution is 2.18. The molecule has 0 aliphatic heterocycles. The predicted molar refractivity (Wildman–Crippen MR) is 66.9 cm³/mol. The van der Waals surface area contributed by atoms with Crippen molar-refractivity contribution in [3.63, 3.8) is 0 Å². The third-order valence-electron chi connectivity index (χ3n) is 2.82. The average Bonchev–Trinajstić information content (AvgIpc) is 2.87. The largest absolute Gasteiger partial charge is 0.484 e. The van der Waals surface area contributed by atoms with E-state index in [9.17, 15) is 0 Å². The lowest BCUT2D eigenvalue weighted by Crippen LogP contribution is -2.33. The Bertz CT molecular complexity index is 494. The van der Waals surface area contributed by atoms with Gasteiger partial charge >= 0.3 is 0 Å². The molecular formula is C13H17N3O2. The molecule has 1 aromatic heterocycles. The molecule has 0 aliphatic rings. The van der Waals surface area contributed by atoms with E-state index >= 15 is 0 Å². The van der Waals surface area contributed by atoms with Crippen LogP contribution in [-0.4, -0.2) is 10.1 Å². The molecule has 1 aromatic carbocycles. The van der Waals surface area contributed by atoms with E-state index in [1.165, 1.54) is 0 Å². The number of hydrogen-bond acceptors (Lipinski definition) is 5. The summed E-state index contributed by atoms with van der Waals surface area (Å²) in [6.07, 6.45) is 0.742. The molecule has 1 atom stereocenters. The van der Waals surface area contributed by atoms with E-state index in [0.717, 1.165) is 12.2 Å². The molecule has 1 heterocycles. The van der Waals surface area contributed by atoms with Crippen LogP contribution in [0.15, 0.2) is 34.9 Å². The summed E-state index contributed by atoms with van der Waals surface area (Å²) in [6, 6.07) is 9.48. The highest BCUT2D eigenvalue weighted by Gasteiger charge is 2.25. The second kappa shape index (κ2) is 5.18. The average molecular weight is 247 g/mol. The van der Waals surface area contributed by atoms with Crippen molar-refractivity contribution in [2.24, 2.45) is 5.73 Å². The first-order chi connectivity index (χ1) is 8.62. The molecule has 0 amide bonds. The van der Waals surface area contributed by atoms with Gasteiger partial charge in [-0.05, 0) is 25.5 Å². The van der Waals surface area contributed by atoms with Gasteiger partial charge in [0.25, 0.3) is 5.89 Å². The van der Waals surface area contributed by atoms with Crippen molar-refractivity contribution in [2.75, 3.05) is 0 Å². The van der Waals surface area contributed by atoms with Crippen LogP contribution in [0.25, 0.3) is 0 Å². The number of aromatic nitrogens is 2. The van der Waals surface area contributed by atoms with Crippen molar-refractivity contribution in [2.45, 2.75) is 32.4 Å². The van der Waals surface area contributed by atoms with Gasteiger partial charge in [-0.1, -0.05) is 30.3 Å². The number of nitrogens with zero attached hydrogens (tertiary/aromatic N) is 2. The Balaban J connectivity index is 1.99. The molecule has 5 heteroatoms. The minimum atomic E-state index is -0.561. The Morgan fingerprint density at radius 3 is 2.72 bits per heavy atom. The van der Waals surface area contributed by atoms with Crippen LogP contribution in [0.4, 0.5) is 0 Å². The summed E-state index contributed by atoms with van der Waals surface area (Å²) >= 11 is 0. The Labute approximate surface area is 106 Å². The minimum Gasteiger partial charge on any atom is -0.484 e. The molecule has 0 saturated heterocycles. The van der Waals surface area contributed by atoms with Crippen LogP contribution in [0.5, 0.6) is 5.75 Å². The van der Waals surface area contributed by atoms with Crippen LogP contribution < -0.4 is 10.5 Å². The van der Waals surface area contributed by atoms with Gasteiger partial charge in [0.2, 0.25) is 0 Å². The van der Waals surface area contributed by atoms with Crippen molar-refractivity contribution in [1.29, 1.82) is 0 Å². The van der Waals surface area contributed by atoms with Crippen LogP contribution in [0.3, 0.4) is 0 Å². The van der Waals surface area contributed by atoms with E-state index in [2.05, 4.69) is 10.1 Å². The van der Waals surface area contributed by atoms with E-state index in [1.54, 1.807) is 0 Å². The van der Waals surface area contributed by atoms with Gasteiger partial charge in [-0.25, -0.2) is 0 Å². The van der Waals surface area contributed by atoms with Crippen molar-refractivity contribution in [1.82, 2.24) is 10.1 Å². The highest BCUT2D eigenvalue weighted by atomic mass is 16.5. The zero-order valence-corrected chi connectivity index (χ0v) is 10.6. The molecule has 0 aliphatic carbocycles. The molecule has 96 valence electrons. The number of para-hydroxylation sites is 1. The molecule has 18 heavy (non-hydrogen) atoms. The second-order valence-electron chi connectivity index (χ2n) is 4.38. The summed E-state index contributed by atoms with van der Waals surface area (Å²) in [6.45, 7) is 4.10. The first-order valence-electron chi connectivity index (χ1n) is 5.91.